The standard InChI is InChI=1S/C17H29N/c1-16(2,3)14-9-13(12-18(7)8)10-15(11-14)17(4,5)6/h9-11H,12H2,1-8H3. The van der Waals surface area contributed by atoms with Crippen LogP contribution < -0.4 is 0 Å². The monoisotopic (exact) mass is 247 g/mol. The zero-order valence-electron chi connectivity index (χ0n) is 13.4. The Morgan fingerprint density at radius 1 is 0.778 bits per heavy atom. The van der Waals surface area contributed by atoms with E-state index in [-0.39, 0.29) is 10.8 Å². The summed E-state index contributed by atoms with van der Waals surface area (Å²) in [6.45, 7) is 14.7. The van der Waals surface area contributed by atoms with Crippen molar-refractivity contribution in [3.63, 3.8) is 0 Å². The molecule has 0 saturated heterocycles. The van der Waals surface area contributed by atoms with Crippen molar-refractivity contribution in [2.45, 2.75) is 58.9 Å². The minimum atomic E-state index is 0.211. The second kappa shape index (κ2) is 5.05. The van der Waals surface area contributed by atoms with Gasteiger partial charge in [0.1, 0.15) is 0 Å². The third kappa shape index (κ3) is 4.13. The van der Waals surface area contributed by atoms with Crippen LogP contribution in [0.3, 0.4) is 0 Å². The first-order valence-electron chi connectivity index (χ1n) is 6.80. The highest BCUT2D eigenvalue weighted by Gasteiger charge is 2.20. The number of benzene rings is 1. The molecule has 0 radical (unpaired) electrons. The van der Waals surface area contributed by atoms with Crippen LogP contribution in [0, 0.1) is 0 Å². The summed E-state index contributed by atoms with van der Waals surface area (Å²) in [5.74, 6) is 0. The van der Waals surface area contributed by atoms with Gasteiger partial charge < -0.3 is 4.90 Å². The average molecular weight is 247 g/mol. The fourth-order valence-electron chi connectivity index (χ4n) is 2.01. The predicted octanol–water partition coefficient (Wildman–Crippen LogP) is 4.34. The van der Waals surface area contributed by atoms with Gasteiger partial charge >= 0.3 is 0 Å². The maximum Gasteiger partial charge on any atom is 0.0227 e. The van der Waals surface area contributed by atoms with Crippen LogP contribution in [0.4, 0.5) is 0 Å². The van der Waals surface area contributed by atoms with Crippen LogP contribution in [0.1, 0.15) is 58.2 Å². The van der Waals surface area contributed by atoms with E-state index in [1.54, 1.807) is 0 Å². The number of hydrogen-bond donors (Lipinski definition) is 0. The zero-order chi connectivity index (χ0) is 14.1. The van der Waals surface area contributed by atoms with Gasteiger partial charge in [0.15, 0.2) is 0 Å². The molecule has 0 spiro atoms. The molecule has 1 nitrogen and oxygen atoms in total. The lowest BCUT2D eigenvalue weighted by atomic mass is 9.79. The van der Waals surface area contributed by atoms with Gasteiger partial charge in [-0.3, -0.25) is 0 Å². The summed E-state index contributed by atoms with van der Waals surface area (Å²) in [4.78, 5) is 2.23. The Morgan fingerprint density at radius 3 is 1.44 bits per heavy atom. The van der Waals surface area contributed by atoms with Crippen molar-refractivity contribution in [3.8, 4) is 0 Å². The molecule has 1 aromatic rings. The zero-order valence-corrected chi connectivity index (χ0v) is 13.4. The van der Waals surface area contributed by atoms with Crippen molar-refractivity contribution in [3.05, 3.63) is 34.9 Å². The molecule has 18 heavy (non-hydrogen) atoms. The Morgan fingerprint density at radius 2 is 1.17 bits per heavy atom. The summed E-state index contributed by atoms with van der Waals surface area (Å²) < 4.78 is 0. The Bertz CT molecular complexity index is 370. The quantitative estimate of drug-likeness (QED) is 0.751. The molecule has 0 aromatic heterocycles. The molecule has 0 saturated carbocycles. The highest BCUT2D eigenvalue weighted by Crippen LogP contribution is 2.30. The SMILES string of the molecule is CN(C)Cc1cc(C(C)(C)C)cc(C(C)(C)C)c1. The average Bonchev–Trinajstić information content (AvgIpc) is 2.13. The van der Waals surface area contributed by atoms with Gasteiger partial charge in [-0.1, -0.05) is 59.7 Å². The van der Waals surface area contributed by atoms with E-state index in [1.807, 2.05) is 0 Å². The Hall–Kier alpha value is -0.820. The number of rotatable bonds is 2. The molecule has 0 bridgehead atoms. The first kappa shape index (κ1) is 15.2. The smallest absolute Gasteiger partial charge is 0.0227 e. The van der Waals surface area contributed by atoms with E-state index in [9.17, 15) is 0 Å². The van der Waals surface area contributed by atoms with Crippen molar-refractivity contribution in [1.29, 1.82) is 0 Å². The van der Waals surface area contributed by atoms with E-state index in [4.69, 9.17) is 0 Å². The lowest BCUT2D eigenvalue weighted by molar-refractivity contribution is 0.401. The molecule has 1 aromatic carbocycles. The van der Waals surface area contributed by atoms with Gasteiger partial charge in [0, 0.05) is 6.54 Å². The summed E-state index contributed by atoms with van der Waals surface area (Å²) in [5, 5.41) is 0. The van der Waals surface area contributed by atoms with Crippen molar-refractivity contribution in [2.75, 3.05) is 14.1 Å². The predicted molar refractivity (Wildman–Crippen MR) is 81.2 cm³/mol. The molecule has 0 atom stereocenters. The molecule has 1 heteroatoms. The van der Waals surface area contributed by atoms with E-state index in [0.29, 0.717) is 0 Å². The third-order valence-corrected chi connectivity index (χ3v) is 3.22. The van der Waals surface area contributed by atoms with Gasteiger partial charge in [0.2, 0.25) is 0 Å². The third-order valence-electron chi connectivity index (χ3n) is 3.22. The maximum atomic E-state index is 2.37. The van der Waals surface area contributed by atoms with E-state index in [1.165, 1.54) is 16.7 Å². The van der Waals surface area contributed by atoms with E-state index < -0.39 is 0 Å². The molecule has 1 rings (SSSR count). The molecule has 0 aliphatic rings. The van der Waals surface area contributed by atoms with Crippen molar-refractivity contribution >= 4 is 0 Å². The first-order chi connectivity index (χ1) is 8.00. The second-order valence-electron chi connectivity index (χ2n) is 7.66. The van der Waals surface area contributed by atoms with E-state index in [2.05, 4.69) is 78.7 Å². The van der Waals surface area contributed by atoms with Crippen LogP contribution in [0.15, 0.2) is 18.2 Å². The minimum absolute atomic E-state index is 0.211. The maximum absolute atomic E-state index is 2.37. The van der Waals surface area contributed by atoms with Gasteiger partial charge in [-0.05, 0) is 41.6 Å². The van der Waals surface area contributed by atoms with Crippen molar-refractivity contribution in [2.24, 2.45) is 0 Å². The van der Waals surface area contributed by atoms with Crippen LogP contribution in [-0.2, 0) is 17.4 Å². The lowest BCUT2D eigenvalue weighted by Gasteiger charge is -2.26. The minimum Gasteiger partial charge on any atom is -0.305 e. The molecule has 0 aliphatic heterocycles. The van der Waals surface area contributed by atoms with Crippen molar-refractivity contribution < 1.29 is 0 Å². The number of nitrogens with zero attached hydrogens (tertiary/aromatic N) is 1. The van der Waals surface area contributed by atoms with Crippen molar-refractivity contribution in [1.82, 2.24) is 4.90 Å². The highest BCUT2D eigenvalue weighted by atomic mass is 15.0. The summed E-state index contributed by atoms with van der Waals surface area (Å²) in [7, 11) is 4.25. The molecular weight excluding hydrogens is 218 g/mol. The summed E-state index contributed by atoms with van der Waals surface area (Å²) >= 11 is 0. The normalized spacial score (nSPS) is 13.2. The largest absolute Gasteiger partial charge is 0.305 e. The van der Waals surface area contributed by atoms with Crippen LogP contribution in [0.25, 0.3) is 0 Å². The number of hydrogen-bond acceptors (Lipinski definition) is 1. The molecule has 0 fully saturated rings. The molecule has 102 valence electrons. The van der Waals surface area contributed by atoms with Gasteiger partial charge in [0.05, 0.1) is 0 Å². The Balaban J connectivity index is 3.29. The van der Waals surface area contributed by atoms with Gasteiger partial charge in [0.25, 0.3) is 0 Å². The van der Waals surface area contributed by atoms with Crippen LogP contribution in [0.2, 0.25) is 0 Å². The van der Waals surface area contributed by atoms with Crippen LogP contribution >= 0.6 is 0 Å². The molecule has 0 aliphatic carbocycles. The fraction of sp³-hybridized carbons (Fsp3) is 0.647. The van der Waals surface area contributed by atoms with Gasteiger partial charge in [-0.2, -0.15) is 0 Å². The molecular formula is C17H29N. The fourth-order valence-corrected chi connectivity index (χ4v) is 2.01. The Kier molecular flexibility index (Phi) is 4.27. The van der Waals surface area contributed by atoms with Crippen LogP contribution in [0.5, 0.6) is 0 Å². The highest BCUT2D eigenvalue weighted by molar-refractivity contribution is 5.37. The van der Waals surface area contributed by atoms with Crippen LogP contribution in [-0.4, -0.2) is 19.0 Å². The van der Waals surface area contributed by atoms with Gasteiger partial charge in [-0.15, -0.1) is 0 Å². The summed E-state index contributed by atoms with van der Waals surface area (Å²) in [6, 6.07) is 7.09. The van der Waals surface area contributed by atoms with E-state index in [0.717, 1.165) is 6.54 Å². The second-order valence-corrected chi connectivity index (χ2v) is 7.66. The molecule has 0 amide bonds. The Labute approximate surface area is 113 Å². The molecule has 0 unspecified atom stereocenters. The first-order valence-corrected chi connectivity index (χ1v) is 6.80. The summed E-state index contributed by atoms with van der Waals surface area (Å²) in [6.07, 6.45) is 0. The summed E-state index contributed by atoms with van der Waals surface area (Å²) in [5.41, 5.74) is 4.71. The topological polar surface area (TPSA) is 3.24 Å². The molecule has 0 N–H and O–H groups in total. The van der Waals surface area contributed by atoms with Gasteiger partial charge in [-0.25, -0.2) is 0 Å². The van der Waals surface area contributed by atoms with E-state index >= 15 is 0 Å². The lowest BCUT2D eigenvalue weighted by Crippen LogP contribution is -2.19. The molecule has 0 heterocycles.